The molecule has 0 radical (unpaired) electrons. The lowest BCUT2D eigenvalue weighted by Gasteiger charge is -2.15. The van der Waals surface area contributed by atoms with Gasteiger partial charge in [0.1, 0.15) is 11.7 Å². The Balaban J connectivity index is 1.58. The van der Waals surface area contributed by atoms with Gasteiger partial charge in [0.25, 0.3) is 0 Å². The van der Waals surface area contributed by atoms with E-state index in [1.54, 1.807) is 12.3 Å². The summed E-state index contributed by atoms with van der Waals surface area (Å²) in [4.78, 5) is 8.65. The van der Waals surface area contributed by atoms with Crippen molar-refractivity contribution in [2.45, 2.75) is 25.8 Å². The van der Waals surface area contributed by atoms with Crippen LogP contribution < -0.4 is 21.3 Å². The minimum atomic E-state index is 0.260. The van der Waals surface area contributed by atoms with Crippen molar-refractivity contribution in [1.82, 2.24) is 20.6 Å². The van der Waals surface area contributed by atoms with E-state index in [0.717, 1.165) is 36.4 Å². The summed E-state index contributed by atoms with van der Waals surface area (Å²) in [6.45, 7) is 4.20. The second-order valence-corrected chi connectivity index (χ2v) is 6.37. The molecule has 124 valence electrons. The Morgan fingerprint density at radius 3 is 2.78 bits per heavy atom. The van der Waals surface area contributed by atoms with E-state index in [1.165, 1.54) is 12.8 Å². The van der Waals surface area contributed by atoms with Crippen molar-refractivity contribution in [2.75, 3.05) is 30.8 Å². The van der Waals surface area contributed by atoms with Crippen molar-refractivity contribution in [3.8, 4) is 0 Å². The molecule has 2 unspecified atom stereocenters. The van der Waals surface area contributed by atoms with Gasteiger partial charge < -0.3 is 21.3 Å². The van der Waals surface area contributed by atoms with Gasteiger partial charge in [-0.3, -0.25) is 5.41 Å². The number of rotatable bonds is 5. The highest BCUT2D eigenvalue weighted by Crippen LogP contribution is 2.35. The molecule has 1 saturated heterocycles. The minimum Gasteiger partial charge on any atom is -0.392 e. The molecule has 5 N–H and O–H groups in total. The molecule has 3 rings (SSSR count). The Labute approximate surface area is 136 Å². The summed E-state index contributed by atoms with van der Waals surface area (Å²) in [6.07, 6.45) is 5.82. The van der Waals surface area contributed by atoms with Crippen molar-refractivity contribution in [1.29, 1.82) is 5.41 Å². The fourth-order valence-electron chi connectivity index (χ4n) is 3.44. The summed E-state index contributed by atoms with van der Waals surface area (Å²) >= 11 is 0. The highest BCUT2D eigenvalue weighted by molar-refractivity contribution is 6.00. The molecule has 0 aromatic carbocycles. The Morgan fingerprint density at radius 1 is 1.35 bits per heavy atom. The summed E-state index contributed by atoms with van der Waals surface area (Å²) in [6, 6.07) is 2.37. The van der Waals surface area contributed by atoms with Crippen molar-refractivity contribution in [3.63, 3.8) is 0 Å². The van der Waals surface area contributed by atoms with Gasteiger partial charge in [-0.15, -0.1) is 0 Å². The first-order valence-electron chi connectivity index (χ1n) is 8.16. The highest BCUT2D eigenvalue weighted by atomic mass is 15.2. The molecule has 1 saturated carbocycles. The zero-order valence-electron chi connectivity index (χ0n) is 13.7. The smallest absolute Gasteiger partial charge is 0.230 e. The van der Waals surface area contributed by atoms with Gasteiger partial charge in [0.15, 0.2) is 0 Å². The first-order valence-corrected chi connectivity index (χ1v) is 8.16. The molecule has 1 aliphatic heterocycles. The highest BCUT2D eigenvalue weighted by Gasteiger charge is 2.37. The SMILES string of the molecule is CN/C(C)=C\C(=N)Nc1nccc(NC2CC3CNCC3C2)n1. The van der Waals surface area contributed by atoms with Crippen LogP contribution in [0.1, 0.15) is 19.8 Å². The van der Waals surface area contributed by atoms with Crippen molar-refractivity contribution < 1.29 is 0 Å². The van der Waals surface area contributed by atoms with Gasteiger partial charge in [-0.1, -0.05) is 0 Å². The van der Waals surface area contributed by atoms with E-state index in [0.29, 0.717) is 12.0 Å². The van der Waals surface area contributed by atoms with Crippen LogP contribution >= 0.6 is 0 Å². The first kappa shape index (κ1) is 15.7. The summed E-state index contributed by atoms with van der Waals surface area (Å²) in [5.41, 5.74) is 0.905. The summed E-state index contributed by atoms with van der Waals surface area (Å²) in [7, 11) is 1.83. The van der Waals surface area contributed by atoms with Crippen LogP contribution in [0.25, 0.3) is 0 Å². The number of fused-ring (bicyclic) bond motifs is 1. The standard InChI is InChI=1S/C16H25N7/c1-10(18-2)5-14(17)22-16-20-4-3-15(23-16)21-13-6-11-8-19-9-12(11)7-13/h3-5,11-13,18-19H,6-9H2,1-2H3,(H3,17,20,21,22,23)/b10-5-. The van der Waals surface area contributed by atoms with Crippen LogP contribution in [0.15, 0.2) is 24.0 Å². The van der Waals surface area contributed by atoms with Gasteiger partial charge in [-0.25, -0.2) is 4.98 Å². The molecule has 0 bridgehead atoms. The third-order valence-electron chi connectivity index (χ3n) is 4.66. The zero-order chi connectivity index (χ0) is 16.2. The van der Waals surface area contributed by atoms with Gasteiger partial charge in [-0.05, 0) is 56.8 Å². The number of nitrogens with zero attached hydrogens (tertiary/aromatic N) is 2. The van der Waals surface area contributed by atoms with Crippen LogP contribution in [0.5, 0.6) is 0 Å². The molecule has 2 aliphatic rings. The first-order chi connectivity index (χ1) is 11.1. The molecular weight excluding hydrogens is 290 g/mol. The van der Waals surface area contributed by atoms with Crippen LogP contribution in [0.4, 0.5) is 11.8 Å². The molecule has 2 fully saturated rings. The normalized spacial score (nSPS) is 26.7. The molecule has 7 nitrogen and oxygen atoms in total. The lowest BCUT2D eigenvalue weighted by Crippen LogP contribution is -2.21. The van der Waals surface area contributed by atoms with Crippen LogP contribution in [0, 0.1) is 17.2 Å². The quantitative estimate of drug-likeness (QED) is 0.416. The Hall–Kier alpha value is -2.15. The molecule has 23 heavy (non-hydrogen) atoms. The molecule has 1 aliphatic carbocycles. The van der Waals surface area contributed by atoms with Crippen LogP contribution in [-0.4, -0.2) is 42.0 Å². The van der Waals surface area contributed by atoms with E-state index in [2.05, 4.69) is 31.2 Å². The second-order valence-electron chi connectivity index (χ2n) is 6.37. The van der Waals surface area contributed by atoms with Gasteiger partial charge >= 0.3 is 0 Å². The maximum atomic E-state index is 7.90. The molecule has 2 heterocycles. The maximum absolute atomic E-state index is 7.90. The van der Waals surface area contributed by atoms with Crippen LogP contribution in [0.2, 0.25) is 0 Å². The average molecular weight is 315 g/mol. The van der Waals surface area contributed by atoms with Crippen molar-refractivity contribution >= 4 is 17.6 Å². The van der Waals surface area contributed by atoms with Gasteiger partial charge in [0, 0.05) is 25.0 Å². The zero-order valence-corrected chi connectivity index (χ0v) is 13.7. The number of amidine groups is 1. The van der Waals surface area contributed by atoms with Gasteiger partial charge in [-0.2, -0.15) is 4.98 Å². The minimum absolute atomic E-state index is 0.260. The second kappa shape index (κ2) is 6.95. The van der Waals surface area contributed by atoms with Crippen molar-refractivity contribution in [3.05, 3.63) is 24.0 Å². The van der Waals surface area contributed by atoms with Crippen molar-refractivity contribution in [2.24, 2.45) is 11.8 Å². The predicted octanol–water partition coefficient (Wildman–Crippen LogP) is 1.40. The number of anilines is 2. The largest absolute Gasteiger partial charge is 0.392 e. The maximum Gasteiger partial charge on any atom is 0.230 e. The van der Waals surface area contributed by atoms with E-state index in [1.807, 2.05) is 20.0 Å². The van der Waals surface area contributed by atoms with E-state index < -0.39 is 0 Å². The third-order valence-corrected chi connectivity index (χ3v) is 4.66. The number of aromatic nitrogens is 2. The lowest BCUT2D eigenvalue weighted by atomic mass is 10.0. The summed E-state index contributed by atoms with van der Waals surface area (Å²) in [5, 5.41) is 20.8. The predicted molar refractivity (Wildman–Crippen MR) is 92.7 cm³/mol. The Morgan fingerprint density at radius 2 is 2.09 bits per heavy atom. The Kier molecular flexibility index (Phi) is 4.76. The molecule has 1 aromatic heterocycles. The number of allylic oxidation sites excluding steroid dienone is 1. The molecule has 1 aromatic rings. The average Bonchev–Trinajstić information content (AvgIpc) is 3.08. The lowest BCUT2D eigenvalue weighted by molar-refractivity contribution is 0.494. The van der Waals surface area contributed by atoms with Crippen LogP contribution in [0.3, 0.4) is 0 Å². The number of nitrogens with one attached hydrogen (secondary N) is 5. The number of hydrogen-bond acceptors (Lipinski definition) is 6. The van der Waals surface area contributed by atoms with E-state index in [9.17, 15) is 0 Å². The third kappa shape index (κ3) is 3.98. The molecular formula is C16H25N7. The monoisotopic (exact) mass is 315 g/mol. The number of hydrogen-bond donors (Lipinski definition) is 5. The van der Waals surface area contributed by atoms with E-state index >= 15 is 0 Å². The fourth-order valence-corrected chi connectivity index (χ4v) is 3.44. The van der Waals surface area contributed by atoms with E-state index in [4.69, 9.17) is 5.41 Å². The van der Waals surface area contributed by atoms with E-state index in [-0.39, 0.29) is 5.84 Å². The topological polar surface area (TPSA) is 97.8 Å². The summed E-state index contributed by atoms with van der Waals surface area (Å²) in [5.74, 6) is 3.13. The molecule has 2 atom stereocenters. The molecule has 0 spiro atoms. The van der Waals surface area contributed by atoms with Gasteiger partial charge in [0.05, 0.1) is 0 Å². The summed E-state index contributed by atoms with van der Waals surface area (Å²) < 4.78 is 0. The Bertz CT molecular complexity index is 586. The molecule has 7 heteroatoms. The fraction of sp³-hybridized carbons (Fsp3) is 0.562. The van der Waals surface area contributed by atoms with Crippen LogP contribution in [-0.2, 0) is 0 Å². The van der Waals surface area contributed by atoms with Gasteiger partial charge in [0.2, 0.25) is 5.95 Å². The molecule has 0 amide bonds.